The maximum atomic E-state index is 13.7. The highest BCUT2D eigenvalue weighted by atomic mass is 19.4. The van der Waals surface area contributed by atoms with Gasteiger partial charge in [-0.3, -0.25) is 13.8 Å². The highest BCUT2D eigenvalue weighted by molar-refractivity contribution is 5.75. The molecule has 8 nitrogen and oxygen atoms in total. The lowest BCUT2D eigenvalue weighted by atomic mass is 9.72. The van der Waals surface area contributed by atoms with Crippen LogP contribution in [0.5, 0.6) is 0 Å². The number of carbonyl (C=O) groups excluding carboxylic acids is 1. The van der Waals surface area contributed by atoms with Crippen molar-refractivity contribution in [3.63, 3.8) is 0 Å². The van der Waals surface area contributed by atoms with E-state index in [1.54, 1.807) is 19.4 Å². The first kappa shape index (κ1) is 24.8. The van der Waals surface area contributed by atoms with Gasteiger partial charge in [0, 0.05) is 38.8 Å². The van der Waals surface area contributed by atoms with E-state index in [1.807, 2.05) is 23.7 Å². The highest BCUT2D eigenvalue weighted by Gasteiger charge is 2.35. The number of nitrogens with one attached hydrogen (secondary N) is 1. The Balaban J connectivity index is 1.68. The lowest BCUT2D eigenvalue weighted by Gasteiger charge is -2.34. The van der Waals surface area contributed by atoms with Gasteiger partial charge >= 0.3 is 11.9 Å². The molecule has 1 amide bonds. The van der Waals surface area contributed by atoms with Crippen molar-refractivity contribution in [1.82, 2.24) is 29.0 Å². The number of aromatic nitrogens is 5. The van der Waals surface area contributed by atoms with Crippen LogP contribution in [0.1, 0.15) is 54.1 Å². The van der Waals surface area contributed by atoms with E-state index >= 15 is 0 Å². The molecule has 1 atom stereocenters. The van der Waals surface area contributed by atoms with Crippen LogP contribution in [0.25, 0.3) is 11.2 Å². The third-order valence-electron chi connectivity index (χ3n) is 7.21. The Bertz CT molecular complexity index is 1510. The highest BCUT2D eigenvalue weighted by Crippen LogP contribution is 2.43. The third-order valence-corrected chi connectivity index (χ3v) is 7.21. The van der Waals surface area contributed by atoms with Gasteiger partial charge in [0.05, 0.1) is 16.8 Å². The Labute approximate surface area is 210 Å². The smallest absolute Gasteiger partial charge is 0.359 e. The summed E-state index contributed by atoms with van der Waals surface area (Å²) in [7, 11) is 3.44. The molecule has 3 aromatic heterocycles. The SMILES string of the molecule is CNC(=O)CCc1cc([C@@H](c2nncn2C)C2CCC2)cc(-n2cc3c(C(F)(F)F)cccn3c2=O)c1. The van der Waals surface area contributed by atoms with Gasteiger partial charge in [0.2, 0.25) is 5.91 Å². The van der Waals surface area contributed by atoms with Gasteiger partial charge in [-0.1, -0.05) is 12.5 Å². The number of fused-ring (bicyclic) bond motifs is 1. The van der Waals surface area contributed by atoms with Gasteiger partial charge in [-0.15, -0.1) is 10.2 Å². The number of hydrogen-bond acceptors (Lipinski definition) is 4. The normalized spacial score (nSPS) is 15.1. The molecule has 37 heavy (non-hydrogen) atoms. The van der Waals surface area contributed by atoms with Crippen molar-refractivity contribution in [1.29, 1.82) is 0 Å². The maximum absolute atomic E-state index is 13.7. The molecule has 1 aliphatic carbocycles. The average Bonchev–Trinajstić information content (AvgIpc) is 3.41. The molecule has 5 rings (SSSR count). The summed E-state index contributed by atoms with van der Waals surface area (Å²) in [4.78, 5) is 25.2. The minimum absolute atomic E-state index is 0.0987. The monoisotopic (exact) mass is 512 g/mol. The van der Waals surface area contributed by atoms with Crippen LogP contribution in [0.4, 0.5) is 13.2 Å². The number of nitrogens with zero attached hydrogens (tertiary/aromatic N) is 5. The second kappa shape index (κ2) is 9.53. The number of alkyl halides is 3. The molecule has 1 aromatic carbocycles. The van der Waals surface area contributed by atoms with Crippen LogP contribution in [0, 0.1) is 5.92 Å². The van der Waals surface area contributed by atoms with E-state index in [0.717, 1.165) is 46.7 Å². The molecule has 1 fully saturated rings. The number of imidazole rings is 1. The predicted octanol–water partition coefficient (Wildman–Crippen LogP) is 3.85. The van der Waals surface area contributed by atoms with Gasteiger partial charge in [-0.05, 0) is 60.6 Å². The van der Waals surface area contributed by atoms with E-state index in [2.05, 4.69) is 15.5 Å². The minimum Gasteiger partial charge on any atom is -0.359 e. The molecule has 4 aromatic rings. The molecule has 0 saturated heterocycles. The molecular weight excluding hydrogens is 485 g/mol. The Morgan fingerprint density at radius 3 is 2.65 bits per heavy atom. The predicted molar refractivity (Wildman–Crippen MR) is 131 cm³/mol. The first-order valence-electron chi connectivity index (χ1n) is 12.2. The summed E-state index contributed by atoms with van der Waals surface area (Å²) in [6.07, 6.45) is 3.37. The van der Waals surface area contributed by atoms with Gasteiger partial charge in [0.1, 0.15) is 12.2 Å². The van der Waals surface area contributed by atoms with Crippen molar-refractivity contribution in [2.75, 3.05) is 7.05 Å². The lowest BCUT2D eigenvalue weighted by Crippen LogP contribution is -2.25. The number of rotatable bonds is 7. The summed E-state index contributed by atoms with van der Waals surface area (Å²) in [5.41, 5.74) is 0.436. The first-order valence-corrected chi connectivity index (χ1v) is 12.2. The number of carbonyl (C=O) groups is 1. The zero-order valence-electron chi connectivity index (χ0n) is 20.5. The summed E-state index contributed by atoms with van der Waals surface area (Å²) >= 11 is 0. The molecule has 0 bridgehead atoms. The second-order valence-corrected chi connectivity index (χ2v) is 9.53. The van der Waals surface area contributed by atoms with Crippen molar-refractivity contribution in [2.45, 2.75) is 44.2 Å². The van der Waals surface area contributed by atoms with E-state index in [0.29, 0.717) is 18.0 Å². The van der Waals surface area contributed by atoms with Crippen LogP contribution in [-0.4, -0.2) is 36.7 Å². The maximum Gasteiger partial charge on any atom is 0.418 e. The topological polar surface area (TPSA) is 86.2 Å². The zero-order chi connectivity index (χ0) is 26.3. The Morgan fingerprint density at radius 1 is 1.24 bits per heavy atom. The number of amides is 1. The van der Waals surface area contributed by atoms with Crippen LogP contribution in [-0.2, 0) is 24.4 Å². The Morgan fingerprint density at radius 2 is 2.03 bits per heavy atom. The molecule has 0 aliphatic heterocycles. The molecular formula is C26H27F3N6O2. The molecule has 194 valence electrons. The fraction of sp³-hybridized carbons (Fsp3) is 0.385. The summed E-state index contributed by atoms with van der Waals surface area (Å²) in [5, 5.41) is 11.0. The van der Waals surface area contributed by atoms with Crippen LogP contribution in [0.15, 0.2) is 53.8 Å². The molecule has 1 N–H and O–H groups in total. The molecule has 0 unspecified atom stereocenters. The van der Waals surface area contributed by atoms with Crippen molar-refractivity contribution in [3.05, 3.63) is 82.1 Å². The van der Waals surface area contributed by atoms with Crippen molar-refractivity contribution < 1.29 is 18.0 Å². The van der Waals surface area contributed by atoms with Crippen LogP contribution in [0.2, 0.25) is 0 Å². The fourth-order valence-electron chi connectivity index (χ4n) is 5.06. The summed E-state index contributed by atoms with van der Waals surface area (Å²) in [6.45, 7) is 0. The van der Waals surface area contributed by atoms with E-state index in [-0.39, 0.29) is 23.8 Å². The van der Waals surface area contributed by atoms with Gasteiger partial charge in [0.25, 0.3) is 0 Å². The lowest BCUT2D eigenvalue weighted by molar-refractivity contribution is -0.136. The number of hydrogen-bond donors (Lipinski definition) is 1. The van der Waals surface area contributed by atoms with E-state index in [9.17, 15) is 22.8 Å². The van der Waals surface area contributed by atoms with Crippen LogP contribution < -0.4 is 11.0 Å². The van der Waals surface area contributed by atoms with E-state index in [4.69, 9.17) is 0 Å². The van der Waals surface area contributed by atoms with E-state index < -0.39 is 17.4 Å². The van der Waals surface area contributed by atoms with Crippen molar-refractivity contribution in [3.8, 4) is 5.69 Å². The number of aryl methyl sites for hydroxylation is 2. The minimum atomic E-state index is -4.60. The molecule has 0 spiro atoms. The quantitative estimate of drug-likeness (QED) is 0.408. The molecule has 0 radical (unpaired) electrons. The molecule has 11 heteroatoms. The fourth-order valence-corrected chi connectivity index (χ4v) is 5.06. The Kier molecular flexibility index (Phi) is 6.38. The average molecular weight is 513 g/mol. The summed E-state index contributed by atoms with van der Waals surface area (Å²) in [5.74, 6) is 0.885. The zero-order valence-corrected chi connectivity index (χ0v) is 20.5. The third kappa shape index (κ3) is 4.65. The second-order valence-electron chi connectivity index (χ2n) is 9.53. The van der Waals surface area contributed by atoms with Crippen molar-refractivity contribution in [2.24, 2.45) is 13.0 Å². The van der Waals surface area contributed by atoms with Crippen molar-refractivity contribution >= 4 is 11.4 Å². The standard InChI is InChI=1S/C26H27F3N6O2/c1-30-22(36)9-8-16-11-18(23(17-5-3-6-17)24-32-31-15-33(24)2)13-19(12-16)35-14-21-20(26(27,28)29)7-4-10-34(21)25(35)37/h4,7,10-15,17,23H,3,5-6,8-9H2,1-2H3,(H,30,36)/t23-/m0/s1. The number of pyridine rings is 1. The van der Waals surface area contributed by atoms with Crippen LogP contribution in [0.3, 0.4) is 0 Å². The summed E-state index contributed by atoms with van der Waals surface area (Å²) < 4.78 is 45.1. The number of halogens is 3. The van der Waals surface area contributed by atoms with Gasteiger partial charge in [-0.25, -0.2) is 4.79 Å². The van der Waals surface area contributed by atoms with Gasteiger partial charge in [0.15, 0.2) is 0 Å². The molecule has 3 heterocycles. The first-order chi connectivity index (χ1) is 17.7. The van der Waals surface area contributed by atoms with Gasteiger partial charge in [-0.2, -0.15) is 13.2 Å². The summed E-state index contributed by atoms with van der Waals surface area (Å²) in [6, 6.07) is 7.79. The van der Waals surface area contributed by atoms with Crippen LogP contribution >= 0.6 is 0 Å². The number of benzene rings is 1. The Hall–Kier alpha value is -3.89. The molecule has 1 aliphatic rings. The van der Waals surface area contributed by atoms with Gasteiger partial charge < -0.3 is 9.88 Å². The largest absolute Gasteiger partial charge is 0.418 e. The van der Waals surface area contributed by atoms with E-state index in [1.165, 1.54) is 23.0 Å². The molecule has 1 saturated carbocycles.